The number of hydrogen-bond acceptors (Lipinski definition) is 5. The molecule has 0 amide bonds. The van der Waals surface area contributed by atoms with E-state index in [2.05, 4.69) is 70.5 Å². The molecule has 0 spiro atoms. The highest BCUT2D eigenvalue weighted by atomic mass is 32.2. The van der Waals surface area contributed by atoms with Crippen molar-refractivity contribution in [1.82, 2.24) is 10.2 Å². The van der Waals surface area contributed by atoms with Gasteiger partial charge in [-0.1, -0.05) is 58.9 Å². The summed E-state index contributed by atoms with van der Waals surface area (Å²) in [4.78, 5) is 14.4. The van der Waals surface area contributed by atoms with E-state index in [1.807, 2.05) is 0 Å². The van der Waals surface area contributed by atoms with Gasteiger partial charge in [-0.15, -0.1) is 0 Å². The summed E-state index contributed by atoms with van der Waals surface area (Å²) in [5.74, 6) is 2.61. The molecule has 0 aromatic rings. The maximum absolute atomic E-state index is 14.0. The number of rotatable bonds is 8. The Bertz CT molecular complexity index is 1620. The lowest BCUT2D eigenvalue weighted by Gasteiger charge is -2.72. The van der Waals surface area contributed by atoms with Crippen LogP contribution in [0.1, 0.15) is 125 Å². The number of sulfone groups is 1. The molecule has 0 aromatic heterocycles. The lowest BCUT2D eigenvalue weighted by Crippen LogP contribution is -2.68. The van der Waals surface area contributed by atoms with Crippen LogP contribution in [0, 0.1) is 56.7 Å². The minimum absolute atomic E-state index is 0.0173. The summed E-state index contributed by atoms with van der Waals surface area (Å²) in [7, 11) is -2.91. The molecule has 0 radical (unpaired) electrons. The molecule has 0 unspecified atom stereocenters. The Morgan fingerprint density at radius 2 is 1.71 bits per heavy atom. The van der Waals surface area contributed by atoms with E-state index in [-0.39, 0.29) is 33.6 Å². The maximum Gasteiger partial charge on any atom is 0.312 e. The third-order valence-corrected chi connectivity index (χ3v) is 19.6. The SMILES string of the molecule is C=C(C)[C@@H]1CC[C@]2(NCCN3CCCS(=O)(=O)CC3)CC[C@]3(C)[C@H](CC[C@@H]4[C@@]5(C)CC=C(C6=CC[C@](CF)(C(=O)O)CC6)C(C)(C)[C@@H]5CC[C@]43C)[C@@H]12. The molecule has 292 valence electrons. The minimum Gasteiger partial charge on any atom is -0.481 e. The molecule has 6 nitrogen and oxygen atoms in total. The first-order chi connectivity index (χ1) is 24.4. The zero-order valence-electron chi connectivity index (χ0n) is 33.3. The number of hydrogen-bond donors (Lipinski definition) is 2. The molecule has 10 atom stereocenters. The molecule has 2 N–H and O–H groups in total. The van der Waals surface area contributed by atoms with E-state index in [0.717, 1.165) is 32.5 Å². The average Bonchev–Trinajstić information content (AvgIpc) is 3.38. The Kier molecular flexibility index (Phi) is 9.92. The summed E-state index contributed by atoms with van der Waals surface area (Å²) in [5.41, 5.74) is 3.59. The number of carboxylic acids is 1. The first-order valence-electron chi connectivity index (χ1n) is 20.9. The van der Waals surface area contributed by atoms with Gasteiger partial charge in [-0.2, -0.15) is 0 Å². The van der Waals surface area contributed by atoms with Crippen molar-refractivity contribution in [3.05, 3.63) is 35.5 Å². The molecule has 7 aliphatic rings. The van der Waals surface area contributed by atoms with Gasteiger partial charge in [0.15, 0.2) is 9.84 Å². The summed E-state index contributed by atoms with van der Waals surface area (Å²) in [5, 5.41) is 14.0. The van der Waals surface area contributed by atoms with Crippen molar-refractivity contribution >= 4 is 15.8 Å². The lowest BCUT2D eigenvalue weighted by molar-refractivity contribution is -0.221. The molecule has 1 heterocycles. The molecule has 6 aliphatic carbocycles. The quantitative estimate of drug-likeness (QED) is 0.242. The Balaban J connectivity index is 1.13. The number of fused-ring (bicyclic) bond motifs is 7. The van der Waals surface area contributed by atoms with E-state index in [1.54, 1.807) is 0 Å². The van der Waals surface area contributed by atoms with Crippen molar-refractivity contribution in [3.8, 4) is 0 Å². The summed E-state index contributed by atoms with van der Waals surface area (Å²) in [6.07, 6.45) is 17.7. The number of nitrogens with zero attached hydrogens (tertiary/aromatic N) is 1. The number of halogens is 1. The molecule has 5 fully saturated rings. The number of aliphatic carboxylic acids is 1. The van der Waals surface area contributed by atoms with Gasteiger partial charge >= 0.3 is 5.97 Å². The summed E-state index contributed by atoms with van der Waals surface area (Å²) < 4.78 is 38.5. The smallest absolute Gasteiger partial charge is 0.312 e. The number of carbonyl (C=O) groups is 1. The van der Waals surface area contributed by atoms with Crippen molar-refractivity contribution in [1.29, 1.82) is 0 Å². The van der Waals surface area contributed by atoms with Crippen LogP contribution in [-0.4, -0.2) is 74.3 Å². The standard InChI is InChI=1S/C44H69FN2O4S/c1-30(2)32-13-20-44(46-23-25-47-24-8-27-52(50,51)28-26-47)22-21-41(6)34(37(32)44)9-10-36-40(5)16-14-33(39(3,4)35(40)15-17-42(36,41)7)31-11-18-43(29-45,19-12-31)38(48)49/h11,14,32,34-37,46H,1,8-10,12-13,15-29H2,2-7H3,(H,48,49)/t32-,34+,35-,36+,37+,40-,41+,42+,43-,44-/m0/s1. The zero-order chi connectivity index (χ0) is 37.5. The molecule has 0 bridgehead atoms. The van der Waals surface area contributed by atoms with Crippen LogP contribution in [0.2, 0.25) is 0 Å². The summed E-state index contributed by atoms with van der Waals surface area (Å²) >= 11 is 0. The van der Waals surface area contributed by atoms with Gasteiger partial charge in [-0.25, -0.2) is 12.8 Å². The highest BCUT2D eigenvalue weighted by molar-refractivity contribution is 7.91. The van der Waals surface area contributed by atoms with Crippen molar-refractivity contribution in [2.45, 2.75) is 131 Å². The van der Waals surface area contributed by atoms with Crippen LogP contribution < -0.4 is 5.32 Å². The van der Waals surface area contributed by atoms with Gasteiger partial charge in [0.25, 0.3) is 0 Å². The Morgan fingerprint density at radius 3 is 2.38 bits per heavy atom. The third-order valence-electron chi connectivity index (χ3n) is 17.9. The first-order valence-corrected chi connectivity index (χ1v) is 22.7. The van der Waals surface area contributed by atoms with Gasteiger partial charge < -0.3 is 15.3 Å². The van der Waals surface area contributed by atoms with Crippen LogP contribution in [-0.2, 0) is 14.6 Å². The monoisotopic (exact) mass is 740 g/mol. The largest absolute Gasteiger partial charge is 0.481 e. The number of alkyl halides is 1. The Morgan fingerprint density at radius 1 is 0.942 bits per heavy atom. The van der Waals surface area contributed by atoms with Gasteiger partial charge in [0.05, 0.1) is 16.9 Å². The van der Waals surface area contributed by atoms with Gasteiger partial charge in [-0.05, 0) is 159 Å². The third kappa shape index (κ3) is 5.87. The fourth-order valence-electron chi connectivity index (χ4n) is 14.8. The number of allylic oxidation sites excluding steroid dienone is 5. The molecule has 8 heteroatoms. The molecule has 4 saturated carbocycles. The van der Waals surface area contributed by atoms with E-state index < -0.39 is 27.9 Å². The summed E-state index contributed by atoms with van der Waals surface area (Å²) in [6.45, 7) is 22.4. The molecule has 1 aliphatic heterocycles. The molecule has 1 saturated heterocycles. The lowest BCUT2D eigenvalue weighted by atomic mass is 9.33. The second kappa shape index (κ2) is 13.3. The van der Waals surface area contributed by atoms with Gasteiger partial charge in [0.1, 0.15) is 6.67 Å². The van der Waals surface area contributed by atoms with Crippen molar-refractivity contribution < 1.29 is 22.7 Å². The normalized spacial score (nSPS) is 45.6. The van der Waals surface area contributed by atoms with Gasteiger partial charge in [0, 0.05) is 25.2 Å². The topological polar surface area (TPSA) is 86.7 Å². The first kappa shape index (κ1) is 38.8. The predicted molar refractivity (Wildman–Crippen MR) is 208 cm³/mol. The number of nitrogens with one attached hydrogen (secondary N) is 1. The molecule has 0 aromatic carbocycles. The molecular formula is C44H69FN2O4S. The van der Waals surface area contributed by atoms with Crippen LogP contribution >= 0.6 is 0 Å². The fraction of sp³-hybridized carbons (Fsp3) is 0.841. The second-order valence-corrected chi connectivity index (χ2v) is 22.6. The van der Waals surface area contributed by atoms with Crippen molar-refractivity contribution in [3.63, 3.8) is 0 Å². The van der Waals surface area contributed by atoms with Crippen LogP contribution in [0.4, 0.5) is 4.39 Å². The van der Waals surface area contributed by atoms with Gasteiger partial charge in [-0.3, -0.25) is 4.79 Å². The van der Waals surface area contributed by atoms with E-state index in [1.165, 1.54) is 68.1 Å². The van der Waals surface area contributed by atoms with Crippen LogP contribution in [0.3, 0.4) is 0 Å². The number of carboxylic acid groups (broad SMARTS) is 1. The summed E-state index contributed by atoms with van der Waals surface area (Å²) in [6, 6.07) is 0. The Hall–Kier alpha value is -1.51. The van der Waals surface area contributed by atoms with E-state index >= 15 is 0 Å². The van der Waals surface area contributed by atoms with E-state index in [9.17, 15) is 22.7 Å². The maximum atomic E-state index is 14.0. The minimum atomic E-state index is -2.91. The van der Waals surface area contributed by atoms with Crippen molar-refractivity contribution in [2.24, 2.45) is 56.7 Å². The molecule has 52 heavy (non-hydrogen) atoms. The highest BCUT2D eigenvalue weighted by Gasteiger charge is 2.70. The average molecular weight is 741 g/mol. The predicted octanol–water partition coefficient (Wildman–Crippen LogP) is 8.79. The molecule has 7 rings (SSSR count). The van der Waals surface area contributed by atoms with Crippen LogP contribution in [0.15, 0.2) is 35.5 Å². The van der Waals surface area contributed by atoms with Gasteiger partial charge in [0.2, 0.25) is 0 Å². The second-order valence-electron chi connectivity index (χ2n) is 20.3. The zero-order valence-corrected chi connectivity index (χ0v) is 34.1. The fourth-order valence-corrected chi connectivity index (χ4v) is 16.1. The Labute approximate surface area is 314 Å². The van der Waals surface area contributed by atoms with Crippen molar-refractivity contribution in [2.75, 3.05) is 44.4 Å². The van der Waals surface area contributed by atoms with Crippen LogP contribution in [0.5, 0.6) is 0 Å². The highest BCUT2D eigenvalue weighted by Crippen LogP contribution is 2.76. The van der Waals surface area contributed by atoms with Crippen LogP contribution in [0.25, 0.3) is 0 Å². The van der Waals surface area contributed by atoms with E-state index in [4.69, 9.17) is 0 Å². The van der Waals surface area contributed by atoms with E-state index in [0.29, 0.717) is 60.5 Å². The molecular weight excluding hydrogens is 672 g/mol.